The summed E-state index contributed by atoms with van der Waals surface area (Å²) in [6.07, 6.45) is -3.61. The molecular formula is C31H34F3N5O5. The van der Waals surface area contributed by atoms with Gasteiger partial charge in [0, 0.05) is 42.4 Å². The van der Waals surface area contributed by atoms with Crippen molar-refractivity contribution in [1.29, 1.82) is 0 Å². The number of nitrogens with zero attached hydrogens (tertiary/aromatic N) is 5. The van der Waals surface area contributed by atoms with Gasteiger partial charge in [0.05, 0.1) is 45.9 Å². The molecule has 2 aromatic carbocycles. The van der Waals surface area contributed by atoms with Crippen molar-refractivity contribution in [3.8, 4) is 28.5 Å². The number of fused-ring (bicyclic) bond motifs is 1. The summed E-state index contributed by atoms with van der Waals surface area (Å²) in [4.78, 5) is 22.1. The van der Waals surface area contributed by atoms with Gasteiger partial charge in [-0.15, -0.1) is 0 Å². The monoisotopic (exact) mass is 613 g/mol. The number of carbonyl (C=O) groups is 1. The second-order valence-electron chi connectivity index (χ2n) is 10.6. The molecular weight excluding hydrogens is 579 g/mol. The van der Waals surface area contributed by atoms with E-state index in [4.69, 9.17) is 14.2 Å². The Kier molecular flexibility index (Phi) is 8.71. The Hall–Kier alpha value is -4.36. The molecule has 0 bridgehead atoms. The van der Waals surface area contributed by atoms with Gasteiger partial charge >= 0.3 is 6.18 Å². The van der Waals surface area contributed by atoms with E-state index < -0.39 is 23.8 Å². The lowest BCUT2D eigenvalue weighted by molar-refractivity contribution is -0.143. The number of aliphatic hydroxyl groups excluding tert-OH is 1. The number of aliphatic hydroxyl groups is 1. The minimum atomic E-state index is -4.75. The first kappa shape index (κ1) is 31.1. The van der Waals surface area contributed by atoms with E-state index in [0.29, 0.717) is 40.4 Å². The number of rotatable bonds is 8. The quantitative estimate of drug-likeness (QED) is 0.307. The molecule has 1 unspecified atom stereocenters. The van der Waals surface area contributed by atoms with Crippen LogP contribution in [-0.2, 0) is 6.18 Å². The predicted molar refractivity (Wildman–Crippen MR) is 156 cm³/mol. The van der Waals surface area contributed by atoms with E-state index >= 15 is 0 Å². The molecule has 1 aliphatic rings. The van der Waals surface area contributed by atoms with Gasteiger partial charge in [-0.05, 0) is 56.3 Å². The lowest BCUT2D eigenvalue weighted by Crippen LogP contribution is -2.55. The van der Waals surface area contributed by atoms with Crippen LogP contribution in [0.4, 0.5) is 13.2 Å². The molecule has 0 spiro atoms. The van der Waals surface area contributed by atoms with Crippen molar-refractivity contribution in [2.45, 2.75) is 32.1 Å². The molecule has 1 aliphatic heterocycles. The number of alkyl halides is 3. The molecule has 0 saturated carbocycles. The molecule has 3 heterocycles. The summed E-state index contributed by atoms with van der Waals surface area (Å²) < 4.78 is 59.9. The fourth-order valence-electron chi connectivity index (χ4n) is 5.82. The average molecular weight is 614 g/mol. The number of piperazine rings is 1. The van der Waals surface area contributed by atoms with E-state index in [1.807, 2.05) is 17.9 Å². The van der Waals surface area contributed by atoms with E-state index in [1.165, 1.54) is 14.0 Å². The van der Waals surface area contributed by atoms with Crippen molar-refractivity contribution in [2.75, 3.05) is 47.6 Å². The molecule has 10 nitrogen and oxygen atoms in total. The lowest BCUT2D eigenvalue weighted by atomic mass is 10.0. The topological polar surface area (TPSA) is 102 Å². The zero-order valence-corrected chi connectivity index (χ0v) is 25.1. The maximum Gasteiger partial charge on any atom is 0.433 e. The fourth-order valence-corrected chi connectivity index (χ4v) is 5.82. The van der Waals surface area contributed by atoms with E-state index in [1.54, 1.807) is 55.5 Å². The number of amides is 1. The van der Waals surface area contributed by atoms with Gasteiger partial charge in [0.25, 0.3) is 5.91 Å². The first-order valence-corrected chi connectivity index (χ1v) is 14.0. The molecule has 4 aromatic rings. The summed E-state index contributed by atoms with van der Waals surface area (Å²) in [5.41, 5.74) is -0.0277. The van der Waals surface area contributed by atoms with Crippen molar-refractivity contribution in [3.05, 3.63) is 71.0 Å². The Labute approximate surface area is 252 Å². The molecule has 0 aliphatic carbocycles. The molecule has 2 atom stereocenters. The zero-order valence-electron chi connectivity index (χ0n) is 25.1. The summed E-state index contributed by atoms with van der Waals surface area (Å²) in [5, 5.41) is 14.3. The van der Waals surface area contributed by atoms with Crippen LogP contribution < -0.4 is 14.2 Å². The third-order valence-corrected chi connectivity index (χ3v) is 8.08. The third-order valence-electron chi connectivity index (χ3n) is 8.08. The number of halogens is 3. The highest BCUT2D eigenvalue weighted by Crippen LogP contribution is 2.38. The lowest BCUT2D eigenvalue weighted by Gasteiger charge is -2.43. The van der Waals surface area contributed by atoms with Gasteiger partial charge in [-0.25, -0.2) is 9.50 Å². The summed E-state index contributed by atoms with van der Waals surface area (Å²) in [5.74, 6) is 1.28. The standard InChI is InChI=1S/C31H34F3N5O5/c1-18-16-37(25(17-40)23-14-22(43-4)10-11-26(23)44-5)12-13-38(18)30(41)24-15-35-39-28(31(32,33)34)19(2)27(36-29(24)39)20-6-8-21(42-3)9-7-20/h6-11,14-15,18,25,40H,12-13,16-17H2,1-5H3/t18-,25?/m1/s1. The first-order chi connectivity index (χ1) is 21.0. The van der Waals surface area contributed by atoms with Gasteiger partial charge < -0.3 is 24.2 Å². The zero-order chi connectivity index (χ0) is 31.8. The average Bonchev–Trinajstić information content (AvgIpc) is 3.43. The second-order valence-corrected chi connectivity index (χ2v) is 10.6. The van der Waals surface area contributed by atoms with Crippen LogP contribution in [-0.4, -0.2) is 89.0 Å². The van der Waals surface area contributed by atoms with Crippen molar-refractivity contribution in [2.24, 2.45) is 0 Å². The van der Waals surface area contributed by atoms with Crippen LogP contribution in [0, 0.1) is 6.92 Å². The summed E-state index contributed by atoms with van der Waals surface area (Å²) in [6, 6.07) is 11.1. The van der Waals surface area contributed by atoms with Gasteiger partial charge in [0.1, 0.15) is 22.8 Å². The highest BCUT2D eigenvalue weighted by Gasteiger charge is 2.40. The Morgan fingerprint density at radius 2 is 1.73 bits per heavy atom. The molecule has 0 radical (unpaired) electrons. The second kappa shape index (κ2) is 12.3. The maximum atomic E-state index is 14.4. The Balaban J connectivity index is 1.48. The van der Waals surface area contributed by atoms with Crippen LogP contribution in [0.15, 0.2) is 48.7 Å². The van der Waals surface area contributed by atoms with Crippen molar-refractivity contribution >= 4 is 11.6 Å². The minimum Gasteiger partial charge on any atom is -0.497 e. The van der Waals surface area contributed by atoms with E-state index in [-0.39, 0.29) is 41.7 Å². The number of aromatic nitrogens is 3. The Morgan fingerprint density at radius 1 is 1.05 bits per heavy atom. The smallest absolute Gasteiger partial charge is 0.433 e. The first-order valence-electron chi connectivity index (χ1n) is 14.0. The normalized spacial score (nSPS) is 16.7. The molecule has 44 heavy (non-hydrogen) atoms. The molecule has 2 aromatic heterocycles. The molecule has 1 N–H and O–H groups in total. The van der Waals surface area contributed by atoms with Gasteiger partial charge in [-0.2, -0.15) is 18.3 Å². The summed E-state index contributed by atoms with van der Waals surface area (Å²) >= 11 is 0. The predicted octanol–water partition coefficient (Wildman–Crippen LogP) is 4.63. The fraction of sp³-hybridized carbons (Fsp3) is 0.387. The van der Waals surface area contributed by atoms with E-state index in [2.05, 4.69) is 10.1 Å². The number of hydrogen-bond acceptors (Lipinski definition) is 8. The largest absolute Gasteiger partial charge is 0.497 e. The molecule has 1 fully saturated rings. The molecule has 234 valence electrons. The van der Waals surface area contributed by atoms with E-state index in [9.17, 15) is 23.1 Å². The van der Waals surface area contributed by atoms with Crippen LogP contribution in [0.1, 0.15) is 40.1 Å². The van der Waals surface area contributed by atoms with Crippen LogP contribution in [0.25, 0.3) is 16.9 Å². The Bertz CT molecular complexity index is 1660. The van der Waals surface area contributed by atoms with Crippen molar-refractivity contribution in [3.63, 3.8) is 0 Å². The summed E-state index contributed by atoms with van der Waals surface area (Å²) in [7, 11) is 4.60. The van der Waals surface area contributed by atoms with E-state index in [0.717, 1.165) is 11.8 Å². The van der Waals surface area contributed by atoms with Gasteiger partial charge in [0.2, 0.25) is 0 Å². The van der Waals surface area contributed by atoms with Gasteiger partial charge in [-0.1, -0.05) is 0 Å². The molecule has 1 amide bonds. The number of ether oxygens (including phenoxy) is 3. The van der Waals surface area contributed by atoms with Crippen LogP contribution in [0.2, 0.25) is 0 Å². The van der Waals surface area contributed by atoms with Crippen molar-refractivity contribution < 1.29 is 37.3 Å². The minimum absolute atomic E-state index is 0.0289. The number of carbonyl (C=O) groups excluding carboxylic acids is 1. The van der Waals surface area contributed by atoms with Gasteiger partial charge in [-0.3, -0.25) is 9.69 Å². The van der Waals surface area contributed by atoms with Gasteiger partial charge in [0.15, 0.2) is 11.3 Å². The highest BCUT2D eigenvalue weighted by atomic mass is 19.4. The number of hydrogen-bond donors (Lipinski definition) is 1. The highest BCUT2D eigenvalue weighted by molar-refractivity contribution is 6.00. The molecule has 5 rings (SSSR count). The summed E-state index contributed by atoms with van der Waals surface area (Å²) in [6.45, 7) is 4.06. The maximum absolute atomic E-state index is 14.4. The molecule has 13 heteroatoms. The SMILES string of the molecule is COc1ccc(-c2nc3c(C(=O)N4CCN(C(CO)c5cc(OC)ccc5OC)C[C@H]4C)cnn3c(C(F)(F)F)c2C)cc1. The third kappa shape index (κ3) is 5.64. The molecule has 1 saturated heterocycles. The van der Waals surface area contributed by atoms with Crippen molar-refractivity contribution in [1.82, 2.24) is 24.4 Å². The van der Waals surface area contributed by atoms with Crippen LogP contribution >= 0.6 is 0 Å². The number of methoxy groups -OCH3 is 3. The van der Waals surface area contributed by atoms with Crippen LogP contribution in [0.5, 0.6) is 17.2 Å². The Morgan fingerprint density at radius 3 is 2.32 bits per heavy atom. The number of benzene rings is 2. The van der Waals surface area contributed by atoms with Crippen LogP contribution in [0.3, 0.4) is 0 Å².